The van der Waals surface area contributed by atoms with Crippen molar-refractivity contribution < 1.29 is 28.0 Å². The summed E-state index contributed by atoms with van der Waals surface area (Å²) in [6.07, 6.45) is 0. The summed E-state index contributed by atoms with van der Waals surface area (Å²) in [4.78, 5) is 21.4. The van der Waals surface area contributed by atoms with E-state index >= 15 is 0 Å². The van der Waals surface area contributed by atoms with E-state index in [0.29, 0.717) is 6.07 Å². The molecule has 0 heterocycles. The minimum atomic E-state index is -3.16. The van der Waals surface area contributed by atoms with Crippen molar-refractivity contribution in [3.05, 3.63) is 27.8 Å². The summed E-state index contributed by atoms with van der Waals surface area (Å²) in [6.45, 7) is -1.66. The molecule has 1 aromatic rings. The third-order valence-corrected chi connectivity index (χ3v) is 2.02. The number of carbonyl (C=O) groups excluding carboxylic acids is 1. The number of nitrogens with zero attached hydrogens (tertiary/aromatic N) is 1. The van der Waals surface area contributed by atoms with E-state index in [0.717, 1.165) is 6.07 Å². The zero-order chi connectivity index (χ0) is 14.6. The molecular formula is C10H10F2N2O5. The average molecular weight is 276 g/mol. The Morgan fingerprint density at radius 1 is 1.53 bits per heavy atom. The molecule has 19 heavy (non-hydrogen) atoms. The molecule has 0 bridgehead atoms. The highest BCUT2D eigenvalue weighted by atomic mass is 19.3. The lowest BCUT2D eigenvalue weighted by molar-refractivity contribution is -0.385. The predicted molar refractivity (Wildman–Crippen MR) is 60.1 cm³/mol. The van der Waals surface area contributed by atoms with Crippen molar-refractivity contribution in [2.75, 3.05) is 12.3 Å². The van der Waals surface area contributed by atoms with Crippen LogP contribution in [0.3, 0.4) is 0 Å². The van der Waals surface area contributed by atoms with Gasteiger partial charge >= 0.3 is 12.6 Å². The van der Waals surface area contributed by atoms with Crippen LogP contribution in [-0.4, -0.2) is 24.1 Å². The van der Waals surface area contributed by atoms with E-state index in [9.17, 15) is 23.7 Å². The lowest BCUT2D eigenvalue weighted by Crippen LogP contribution is -2.12. The van der Waals surface area contributed by atoms with Gasteiger partial charge in [0.15, 0.2) is 5.56 Å². The van der Waals surface area contributed by atoms with E-state index < -0.39 is 34.5 Å². The van der Waals surface area contributed by atoms with Crippen LogP contribution in [0.4, 0.5) is 20.2 Å². The minimum Gasteiger partial charge on any atom is -0.462 e. The number of ether oxygens (including phenoxy) is 2. The maximum atomic E-state index is 12.0. The standard InChI is InChI=1S/C10H10F2N2O5/c1-2-18-9(15)8-6(13)3-5(19-10(11)12)4-7(8)14(16)17/h3-4,10H,2,13H2,1H3. The first kappa shape index (κ1) is 14.6. The van der Waals surface area contributed by atoms with Gasteiger partial charge in [-0.3, -0.25) is 10.1 Å². The summed E-state index contributed by atoms with van der Waals surface area (Å²) in [5.74, 6) is -1.51. The number of nitrogens with two attached hydrogens (primary N) is 1. The number of esters is 1. The molecule has 1 rings (SSSR count). The SMILES string of the molecule is CCOC(=O)c1c(N)cc(OC(F)F)cc1[N+](=O)[O-]. The molecule has 0 aliphatic rings. The number of anilines is 1. The topological polar surface area (TPSA) is 105 Å². The Morgan fingerprint density at radius 2 is 2.16 bits per heavy atom. The molecule has 7 nitrogen and oxygen atoms in total. The van der Waals surface area contributed by atoms with Gasteiger partial charge in [0.25, 0.3) is 5.69 Å². The average Bonchev–Trinajstić information content (AvgIpc) is 2.27. The summed E-state index contributed by atoms with van der Waals surface area (Å²) >= 11 is 0. The van der Waals surface area contributed by atoms with Crippen LogP contribution in [0.1, 0.15) is 17.3 Å². The molecule has 104 valence electrons. The van der Waals surface area contributed by atoms with Crippen molar-refractivity contribution >= 4 is 17.3 Å². The van der Waals surface area contributed by atoms with Gasteiger partial charge in [0, 0.05) is 6.07 Å². The normalized spacial score (nSPS) is 10.3. The van der Waals surface area contributed by atoms with Crippen LogP contribution >= 0.6 is 0 Å². The highest BCUT2D eigenvalue weighted by molar-refractivity contribution is 6.00. The quantitative estimate of drug-likeness (QED) is 0.381. The lowest BCUT2D eigenvalue weighted by Gasteiger charge is -2.09. The van der Waals surface area contributed by atoms with Crippen LogP contribution in [0.25, 0.3) is 0 Å². The summed E-state index contributed by atoms with van der Waals surface area (Å²) < 4.78 is 32.7. The van der Waals surface area contributed by atoms with Crippen molar-refractivity contribution in [2.45, 2.75) is 13.5 Å². The second kappa shape index (κ2) is 5.94. The summed E-state index contributed by atoms with van der Waals surface area (Å²) in [5.41, 5.74) is 3.82. The number of benzene rings is 1. The molecule has 0 unspecified atom stereocenters. The second-order valence-corrected chi connectivity index (χ2v) is 3.26. The van der Waals surface area contributed by atoms with Crippen LogP contribution in [0.5, 0.6) is 5.75 Å². The third kappa shape index (κ3) is 3.50. The molecule has 0 amide bonds. The molecule has 0 aromatic heterocycles. The van der Waals surface area contributed by atoms with Crippen molar-refractivity contribution in [3.8, 4) is 5.75 Å². The first-order valence-corrected chi connectivity index (χ1v) is 5.06. The number of nitro groups is 1. The van der Waals surface area contributed by atoms with Gasteiger partial charge in [0.2, 0.25) is 0 Å². The third-order valence-electron chi connectivity index (χ3n) is 2.02. The number of nitro benzene ring substituents is 1. The van der Waals surface area contributed by atoms with Crippen molar-refractivity contribution in [1.29, 1.82) is 0 Å². The first-order chi connectivity index (χ1) is 8.86. The van der Waals surface area contributed by atoms with Gasteiger partial charge in [-0.15, -0.1) is 0 Å². The van der Waals surface area contributed by atoms with Crippen molar-refractivity contribution in [3.63, 3.8) is 0 Å². The highest BCUT2D eigenvalue weighted by Gasteiger charge is 2.26. The molecule has 0 atom stereocenters. The van der Waals surface area contributed by atoms with Gasteiger partial charge in [0.1, 0.15) is 5.75 Å². The van der Waals surface area contributed by atoms with Gasteiger partial charge in [-0.25, -0.2) is 4.79 Å². The second-order valence-electron chi connectivity index (χ2n) is 3.26. The zero-order valence-electron chi connectivity index (χ0n) is 9.76. The number of hydrogen-bond donors (Lipinski definition) is 1. The Hall–Kier alpha value is -2.45. The van der Waals surface area contributed by atoms with Gasteiger partial charge in [-0.1, -0.05) is 0 Å². The van der Waals surface area contributed by atoms with E-state index in [1.54, 1.807) is 0 Å². The van der Waals surface area contributed by atoms with E-state index in [4.69, 9.17) is 5.73 Å². The number of alkyl halides is 2. The van der Waals surface area contributed by atoms with Gasteiger partial charge in [-0.2, -0.15) is 8.78 Å². The Bertz CT molecular complexity index is 507. The molecule has 0 spiro atoms. The van der Waals surface area contributed by atoms with Gasteiger partial charge in [-0.05, 0) is 6.92 Å². The number of nitrogen functional groups attached to an aromatic ring is 1. The first-order valence-electron chi connectivity index (χ1n) is 5.06. The largest absolute Gasteiger partial charge is 0.462 e. The fraction of sp³-hybridized carbons (Fsp3) is 0.300. The van der Waals surface area contributed by atoms with Crippen molar-refractivity contribution in [2.24, 2.45) is 0 Å². The summed E-state index contributed by atoms with van der Waals surface area (Å²) in [5, 5.41) is 10.8. The number of hydrogen-bond acceptors (Lipinski definition) is 6. The van der Waals surface area contributed by atoms with E-state index in [1.165, 1.54) is 6.92 Å². The monoisotopic (exact) mass is 276 g/mol. The predicted octanol–water partition coefficient (Wildman–Crippen LogP) is 1.96. The highest BCUT2D eigenvalue weighted by Crippen LogP contribution is 2.31. The van der Waals surface area contributed by atoms with Crippen LogP contribution in [0, 0.1) is 10.1 Å². The molecule has 1 aromatic carbocycles. The molecule has 9 heteroatoms. The molecular weight excluding hydrogens is 266 g/mol. The van der Waals surface area contributed by atoms with Gasteiger partial charge in [0.05, 0.1) is 23.3 Å². The maximum absolute atomic E-state index is 12.0. The van der Waals surface area contributed by atoms with Crippen LogP contribution in [0.2, 0.25) is 0 Å². The van der Waals surface area contributed by atoms with E-state index in [-0.39, 0.29) is 12.3 Å². The fourth-order valence-electron chi connectivity index (χ4n) is 1.36. The molecule has 0 aliphatic carbocycles. The molecule has 0 saturated carbocycles. The van der Waals surface area contributed by atoms with Gasteiger partial charge < -0.3 is 15.2 Å². The number of carbonyl (C=O) groups is 1. The maximum Gasteiger partial charge on any atom is 0.387 e. The minimum absolute atomic E-state index is 0.00921. The van der Waals surface area contributed by atoms with E-state index in [2.05, 4.69) is 9.47 Å². The smallest absolute Gasteiger partial charge is 0.387 e. The molecule has 0 fully saturated rings. The molecule has 0 aliphatic heterocycles. The lowest BCUT2D eigenvalue weighted by atomic mass is 10.1. The van der Waals surface area contributed by atoms with Crippen LogP contribution in [-0.2, 0) is 4.74 Å². The van der Waals surface area contributed by atoms with Crippen LogP contribution < -0.4 is 10.5 Å². The summed E-state index contributed by atoms with van der Waals surface area (Å²) in [7, 11) is 0. The Balaban J connectivity index is 3.30. The summed E-state index contributed by atoms with van der Waals surface area (Å²) in [6, 6.07) is 1.58. The Labute approximate surface area is 106 Å². The van der Waals surface area contributed by atoms with Crippen molar-refractivity contribution in [1.82, 2.24) is 0 Å². The molecule has 0 saturated heterocycles. The Morgan fingerprint density at radius 3 is 2.63 bits per heavy atom. The number of halogens is 2. The fourth-order valence-corrected chi connectivity index (χ4v) is 1.36. The molecule has 2 N–H and O–H groups in total. The zero-order valence-corrected chi connectivity index (χ0v) is 9.76. The van der Waals surface area contributed by atoms with E-state index in [1.807, 2.05) is 0 Å². The Kier molecular flexibility index (Phi) is 4.56. The molecule has 0 radical (unpaired) electrons. The van der Waals surface area contributed by atoms with Crippen LogP contribution in [0.15, 0.2) is 12.1 Å². The number of rotatable bonds is 5.